The van der Waals surface area contributed by atoms with Crippen LogP contribution in [0.3, 0.4) is 0 Å². The molecule has 0 heterocycles. The minimum absolute atomic E-state index is 0.168. The summed E-state index contributed by atoms with van der Waals surface area (Å²) in [7, 11) is 0. The molecule has 1 nitrogen and oxygen atoms in total. The van der Waals surface area contributed by atoms with Crippen molar-refractivity contribution in [3.05, 3.63) is 33.3 Å². The van der Waals surface area contributed by atoms with E-state index in [2.05, 4.69) is 29.8 Å². The van der Waals surface area contributed by atoms with E-state index in [-0.39, 0.29) is 6.04 Å². The van der Waals surface area contributed by atoms with Gasteiger partial charge in [0.2, 0.25) is 0 Å². The fraction of sp³-hybridized carbons (Fsp3) is 0.455. The van der Waals surface area contributed by atoms with Crippen LogP contribution in [0.2, 0.25) is 5.02 Å². The number of hydrogen-bond donors (Lipinski definition) is 1. The predicted octanol–water partition coefficient (Wildman–Crippen LogP) is 3.63. The molecule has 0 aromatic heterocycles. The molecule has 1 rings (SSSR count). The molecule has 0 saturated heterocycles. The van der Waals surface area contributed by atoms with Crippen molar-refractivity contribution in [2.75, 3.05) is 0 Å². The Labute approximate surface area is 98.8 Å². The van der Waals surface area contributed by atoms with E-state index in [0.29, 0.717) is 5.92 Å². The molecule has 2 N–H and O–H groups in total. The first-order valence-electron chi connectivity index (χ1n) is 4.70. The van der Waals surface area contributed by atoms with Crippen LogP contribution in [0, 0.1) is 5.92 Å². The van der Waals surface area contributed by atoms with Gasteiger partial charge in [-0.1, -0.05) is 41.4 Å². The van der Waals surface area contributed by atoms with E-state index in [1.54, 1.807) is 0 Å². The van der Waals surface area contributed by atoms with Gasteiger partial charge in [0, 0.05) is 15.5 Å². The molecule has 0 amide bonds. The van der Waals surface area contributed by atoms with Crippen LogP contribution in [0.4, 0.5) is 0 Å². The molecule has 78 valence electrons. The first kappa shape index (κ1) is 12.0. The van der Waals surface area contributed by atoms with Gasteiger partial charge in [-0.25, -0.2) is 0 Å². The summed E-state index contributed by atoms with van der Waals surface area (Å²) in [5, 5.41) is 0.796. The highest BCUT2D eigenvalue weighted by Gasteiger charge is 2.10. The fourth-order valence-corrected chi connectivity index (χ4v) is 1.79. The van der Waals surface area contributed by atoms with E-state index in [1.165, 1.54) is 0 Å². The minimum Gasteiger partial charge on any atom is -0.327 e. The standard InChI is InChI=1S/C11H15BrClN/c1-7(2)11(14)6-8-5-9(12)3-4-10(8)13/h3-5,7,11H,6,14H2,1-2H3. The molecule has 0 aliphatic heterocycles. The molecule has 1 aromatic rings. The summed E-state index contributed by atoms with van der Waals surface area (Å²) in [6.45, 7) is 4.24. The SMILES string of the molecule is CC(C)C(N)Cc1cc(Br)ccc1Cl. The van der Waals surface area contributed by atoms with Crippen LogP contribution < -0.4 is 5.73 Å². The molecule has 3 heteroatoms. The van der Waals surface area contributed by atoms with Crippen molar-refractivity contribution in [2.45, 2.75) is 26.3 Å². The Kier molecular flexibility index (Phi) is 4.42. The number of benzene rings is 1. The zero-order valence-electron chi connectivity index (χ0n) is 8.43. The van der Waals surface area contributed by atoms with E-state index in [1.807, 2.05) is 18.2 Å². The van der Waals surface area contributed by atoms with Crippen LogP contribution in [-0.2, 0) is 6.42 Å². The molecule has 0 radical (unpaired) electrons. The van der Waals surface area contributed by atoms with Crippen molar-refractivity contribution >= 4 is 27.5 Å². The quantitative estimate of drug-likeness (QED) is 0.896. The zero-order valence-corrected chi connectivity index (χ0v) is 10.8. The highest BCUT2D eigenvalue weighted by molar-refractivity contribution is 9.10. The minimum atomic E-state index is 0.168. The molecule has 0 bridgehead atoms. The molecule has 1 aromatic carbocycles. The Balaban J connectivity index is 2.80. The second-order valence-electron chi connectivity index (χ2n) is 3.85. The normalized spacial score (nSPS) is 13.3. The van der Waals surface area contributed by atoms with Crippen molar-refractivity contribution < 1.29 is 0 Å². The van der Waals surface area contributed by atoms with Gasteiger partial charge in [-0.15, -0.1) is 0 Å². The van der Waals surface area contributed by atoms with Crippen molar-refractivity contribution in [2.24, 2.45) is 11.7 Å². The van der Waals surface area contributed by atoms with Gasteiger partial charge in [0.1, 0.15) is 0 Å². The van der Waals surface area contributed by atoms with Crippen molar-refractivity contribution in [3.63, 3.8) is 0 Å². The van der Waals surface area contributed by atoms with Gasteiger partial charge in [0.05, 0.1) is 0 Å². The number of halogens is 2. The molecule has 14 heavy (non-hydrogen) atoms. The third-order valence-corrected chi connectivity index (χ3v) is 3.18. The summed E-state index contributed by atoms with van der Waals surface area (Å²) in [6.07, 6.45) is 0.829. The first-order chi connectivity index (χ1) is 6.50. The summed E-state index contributed by atoms with van der Waals surface area (Å²) in [5.41, 5.74) is 7.11. The summed E-state index contributed by atoms with van der Waals surface area (Å²) >= 11 is 9.49. The van der Waals surface area contributed by atoms with E-state index in [9.17, 15) is 0 Å². The molecule has 0 aliphatic carbocycles. The van der Waals surface area contributed by atoms with Crippen molar-refractivity contribution in [1.29, 1.82) is 0 Å². The maximum atomic E-state index is 6.07. The zero-order chi connectivity index (χ0) is 10.7. The largest absolute Gasteiger partial charge is 0.327 e. The van der Waals surface area contributed by atoms with Gasteiger partial charge in [0.15, 0.2) is 0 Å². The number of rotatable bonds is 3. The fourth-order valence-electron chi connectivity index (χ4n) is 1.19. The smallest absolute Gasteiger partial charge is 0.0439 e. The predicted molar refractivity (Wildman–Crippen MR) is 65.7 cm³/mol. The Morgan fingerprint density at radius 3 is 2.64 bits per heavy atom. The van der Waals surface area contributed by atoms with Gasteiger partial charge in [-0.05, 0) is 36.1 Å². The molecular formula is C11H15BrClN. The molecule has 0 fully saturated rings. The highest BCUT2D eigenvalue weighted by Crippen LogP contribution is 2.22. The second kappa shape index (κ2) is 5.15. The summed E-state index contributed by atoms with van der Waals surface area (Å²) in [5.74, 6) is 0.477. The summed E-state index contributed by atoms with van der Waals surface area (Å²) in [4.78, 5) is 0. The monoisotopic (exact) mass is 275 g/mol. The van der Waals surface area contributed by atoms with Crippen LogP contribution in [0.5, 0.6) is 0 Å². The van der Waals surface area contributed by atoms with Crippen molar-refractivity contribution in [3.8, 4) is 0 Å². The van der Waals surface area contributed by atoms with E-state index in [0.717, 1.165) is 21.5 Å². The highest BCUT2D eigenvalue weighted by atomic mass is 79.9. The van der Waals surface area contributed by atoms with Crippen LogP contribution in [0.25, 0.3) is 0 Å². The maximum absolute atomic E-state index is 6.07. The van der Waals surface area contributed by atoms with Crippen molar-refractivity contribution in [1.82, 2.24) is 0 Å². The molecule has 0 spiro atoms. The lowest BCUT2D eigenvalue weighted by molar-refractivity contribution is 0.490. The van der Waals surface area contributed by atoms with Gasteiger partial charge >= 0.3 is 0 Å². The number of hydrogen-bond acceptors (Lipinski definition) is 1. The molecule has 0 aliphatic rings. The molecule has 1 unspecified atom stereocenters. The third-order valence-electron chi connectivity index (χ3n) is 2.32. The second-order valence-corrected chi connectivity index (χ2v) is 5.17. The third kappa shape index (κ3) is 3.26. The van der Waals surface area contributed by atoms with Gasteiger partial charge < -0.3 is 5.73 Å². The van der Waals surface area contributed by atoms with E-state index < -0.39 is 0 Å². The topological polar surface area (TPSA) is 26.0 Å². The van der Waals surface area contributed by atoms with E-state index >= 15 is 0 Å². The van der Waals surface area contributed by atoms with Gasteiger partial charge in [0.25, 0.3) is 0 Å². The maximum Gasteiger partial charge on any atom is 0.0439 e. The Morgan fingerprint density at radius 1 is 1.43 bits per heavy atom. The lowest BCUT2D eigenvalue weighted by atomic mass is 9.97. The lowest BCUT2D eigenvalue weighted by Crippen LogP contribution is -2.28. The van der Waals surface area contributed by atoms with Crippen LogP contribution in [0.1, 0.15) is 19.4 Å². The molecule has 1 atom stereocenters. The van der Waals surface area contributed by atoms with Gasteiger partial charge in [-0.2, -0.15) is 0 Å². The lowest BCUT2D eigenvalue weighted by Gasteiger charge is -2.16. The summed E-state index contributed by atoms with van der Waals surface area (Å²) in [6, 6.07) is 6.03. The van der Waals surface area contributed by atoms with Crippen LogP contribution in [-0.4, -0.2) is 6.04 Å². The van der Waals surface area contributed by atoms with Crippen LogP contribution in [0.15, 0.2) is 22.7 Å². The van der Waals surface area contributed by atoms with Crippen LogP contribution >= 0.6 is 27.5 Å². The Morgan fingerprint density at radius 2 is 2.07 bits per heavy atom. The van der Waals surface area contributed by atoms with E-state index in [4.69, 9.17) is 17.3 Å². The molecule has 0 saturated carbocycles. The Hall–Kier alpha value is -0.0500. The first-order valence-corrected chi connectivity index (χ1v) is 5.87. The average Bonchev–Trinajstić information content (AvgIpc) is 2.11. The van der Waals surface area contributed by atoms with Gasteiger partial charge in [-0.3, -0.25) is 0 Å². The summed E-state index contributed by atoms with van der Waals surface area (Å²) < 4.78 is 1.05. The Bertz CT molecular complexity index is 312. The molecular weight excluding hydrogens is 261 g/mol. The average molecular weight is 277 g/mol. The number of nitrogens with two attached hydrogens (primary N) is 1.